The van der Waals surface area contributed by atoms with E-state index in [9.17, 15) is 0 Å². The van der Waals surface area contributed by atoms with E-state index in [1.54, 1.807) is 0 Å². The summed E-state index contributed by atoms with van der Waals surface area (Å²) in [6.45, 7) is 0.925. The van der Waals surface area contributed by atoms with Crippen LogP contribution in [0.3, 0.4) is 0 Å². The quantitative estimate of drug-likeness (QED) is 0.568. The van der Waals surface area contributed by atoms with E-state index in [-0.39, 0.29) is 0 Å². The number of benzene rings is 1. The fourth-order valence-electron chi connectivity index (χ4n) is 1.42. The molecule has 15 heavy (non-hydrogen) atoms. The van der Waals surface area contributed by atoms with E-state index in [0.717, 1.165) is 29.4 Å². The van der Waals surface area contributed by atoms with Gasteiger partial charge in [-0.25, -0.2) is 0 Å². The molecule has 0 fully saturated rings. The fraction of sp³-hybridized carbons (Fsp3) is 0.250. The smallest absolute Gasteiger partial charge is 0.0662 e. The van der Waals surface area contributed by atoms with Crippen LogP contribution in [0, 0.1) is 11.8 Å². The van der Waals surface area contributed by atoms with E-state index in [4.69, 9.17) is 0 Å². The number of nitrogens with zero attached hydrogens (tertiary/aromatic N) is 1. The Morgan fingerprint density at radius 3 is 3.27 bits per heavy atom. The van der Waals surface area contributed by atoms with Gasteiger partial charge in [0.15, 0.2) is 0 Å². The molecule has 0 saturated heterocycles. The first-order valence-electron chi connectivity index (χ1n) is 4.97. The van der Waals surface area contributed by atoms with Crippen LogP contribution in [0.4, 0.5) is 0 Å². The third-order valence-corrected chi connectivity index (χ3v) is 2.21. The van der Waals surface area contributed by atoms with Crippen molar-refractivity contribution in [2.45, 2.75) is 6.42 Å². The third-order valence-electron chi connectivity index (χ3n) is 2.21. The van der Waals surface area contributed by atoms with Gasteiger partial charge < -0.3 is 5.32 Å². The Balaban J connectivity index is 2.26. The summed E-state index contributed by atoms with van der Waals surface area (Å²) < 4.78 is 0. The van der Waals surface area contributed by atoms with Crippen molar-refractivity contribution in [2.75, 3.05) is 13.6 Å². The van der Waals surface area contributed by atoms with Crippen LogP contribution in [0.15, 0.2) is 24.4 Å². The van der Waals surface area contributed by atoms with Gasteiger partial charge >= 0.3 is 0 Å². The molecule has 0 unspecified atom stereocenters. The second kappa shape index (κ2) is 4.63. The lowest BCUT2D eigenvalue weighted by atomic mass is 10.1. The zero-order valence-electron chi connectivity index (χ0n) is 8.67. The molecule has 0 spiro atoms. The van der Waals surface area contributed by atoms with Crippen LogP contribution < -0.4 is 5.32 Å². The molecular weight excluding hydrogens is 186 g/mol. The van der Waals surface area contributed by atoms with Gasteiger partial charge in [0, 0.05) is 23.9 Å². The van der Waals surface area contributed by atoms with Gasteiger partial charge in [-0.15, -0.1) is 0 Å². The first-order chi connectivity index (χ1) is 7.42. The summed E-state index contributed by atoms with van der Waals surface area (Å²) >= 11 is 0. The van der Waals surface area contributed by atoms with Gasteiger partial charge in [0.05, 0.1) is 11.7 Å². The lowest BCUT2D eigenvalue weighted by Crippen LogP contribution is -2.05. The summed E-state index contributed by atoms with van der Waals surface area (Å²) in [5, 5.41) is 11.1. The Hall–Kier alpha value is -1.79. The SMILES string of the molecule is CNCCC#Cc1cccc2[nH]ncc12. The van der Waals surface area contributed by atoms with Crippen molar-refractivity contribution in [3.63, 3.8) is 0 Å². The molecule has 1 aromatic heterocycles. The molecule has 0 amide bonds. The first kappa shape index (κ1) is 9.75. The van der Waals surface area contributed by atoms with E-state index in [1.807, 2.05) is 31.4 Å². The Morgan fingerprint density at radius 2 is 2.40 bits per heavy atom. The number of aromatic nitrogens is 2. The molecule has 0 aliphatic rings. The van der Waals surface area contributed by atoms with Gasteiger partial charge in [-0.1, -0.05) is 17.9 Å². The predicted octanol–water partition coefficient (Wildman–Crippen LogP) is 1.52. The molecule has 0 atom stereocenters. The number of nitrogens with one attached hydrogen (secondary N) is 2. The van der Waals surface area contributed by atoms with Crippen molar-refractivity contribution in [1.82, 2.24) is 15.5 Å². The molecule has 0 aliphatic carbocycles. The number of hydrogen-bond donors (Lipinski definition) is 2. The summed E-state index contributed by atoms with van der Waals surface area (Å²) in [4.78, 5) is 0. The minimum Gasteiger partial charge on any atom is -0.319 e. The topological polar surface area (TPSA) is 40.7 Å². The number of rotatable bonds is 2. The molecule has 2 aromatic rings. The van der Waals surface area contributed by atoms with Crippen molar-refractivity contribution in [3.8, 4) is 11.8 Å². The molecule has 1 aromatic carbocycles. The summed E-state index contributed by atoms with van der Waals surface area (Å²) in [6.07, 6.45) is 2.68. The highest BCUT2D eigenvalue weighted by Gasteiger charge is 1.98. The van der Waals surface area contributed by atoms with Crippen molar-refractivity contribution in [2.24, 2.45) is 0 Å². The fourth-order valence-corrected chi connectivity index (χ4v) is 1.42. The molecule has 0 saturated carbocycles. The largest absolute Gasteiger partial charge is 0.319 e. The van der Waals surface area contributed by atoms with Crippen molar-refractivity contribution in [3.05, 3.63) is 30.0 Å². The minimum absolute atomic E-state index is 0.866. The molecule has 0 bridgehead atoms. The van der Waals surface area contributed by atoms with Crippen molar-refractivity contribution in [1.29, 1.82) is 0 Å². The molecule has 3 heteroatoms. The van der Waals surface area contributed by atoms with Gasteiger partial charge in [0.2, 0.25) is 0 Å². The highest BCUT2D eigenvalue weighted by atomic mass is 15.1. The van der Waals surface area contributed by atoms with E-state index in [1.165, 1.54) is 0 Å². The Kier molecular flexibility index (Phi) is 3.01. The minimum atomic E-state index is 0.866. The van der Waals surface area contributed by atoms with Gasteiger partial charge in [0.1, 0.15) is 0 Å². The van der Waals surface area contributed by atoms with Gasteiger partial charge in [0.25, 0.3) is 0 Å². The van der Waals surface area contributed by atoms with Crippen LogP contribution in [0.2, 0.25) is 0 Å². The average Bonchev–Trinajstić information content (AvgIpc) is 2.73. The highest BCUT2D eigenvalue weighted by Crippen LogP contribution is 2.14. The highest BCUT2D eigenvalue weighted by molar-refractivity contribution is 5.84. The molecule has 76 valence electrons. The van der Waals surface area contributed by atoms with E-state index < -0.39 is 0 Å². The number of H-pyrrole nitrogens is 1. The first-order valence-corrected chi connectivity index (χ1v) is 4.97. The van der Waals surface area contributed by atoms with Crippen LogP contribution in [0.25, 0.3) is 10.9 Å². The second-order valence-corrected chi connectivity index (χ2v) is 3.29. The van der Waals surface area contributed by atoms with Crippen LogP contribution in [0.1, 0.15) is 12.0 Å². The molecule has 2 N–H and O–H groups in total. The van der Waals surface area contributed by atoms with Gasteiger partial charge in [-0.2, -0.15) is 5.10 Å². The van der Waals surface area contributed by atoms with Crippen molar-refractivity contribution >= 4 is 10.9 Å². The molecule has 0 radical (unpaired) electrons. The van der Waals surface area contributed by atoms with E-state index >= 15 is 0 Å². The maximum Gasteiger partial charge on any atom is 0.0662 e. The third kappa shape index (κ3) is 2.17. The summed E-state index contributed by atoms with van der Waals surface area (Å²) in [6, 6.07) is 6.01. The maximum atomic E-state index is 4.00. The monoisotopic (exact) mass is 199 g/mol. The second-order valence-electron chi connectivity index (χ2n) is 3.29. The summed E-state index contributed by atoms with van der Waals surface area (Å²) in [7, 11) is 1.93. The lowest BCUT2D eigenvalue weighted by Gasteiger charge is -1.92. The zero-order chi connectivity index (χ0) is 10.5. The van der Waals surface area contributed by atoms with Crippen LogP contribution in [0.5, 0.6) is 0 Å². The van der Waals surface area contributed by atoms with Crippen LogP contribution >= 0.6 is 0 Å². The van der Waals surface area contributed by atoms with E-state index in [2.05, 4.69) is 27.4 Å². The number of hydrogen-bond acceptors (Lipinski definition) is 2. The normalized spacial score (nSPS) is 9.93. The number of aromatic amines is 1. The average molecular weight is 199 g/mol. The molecule has 3 nitrogen and oxygen atoms in total. The van der Waals surface area contributed by atoms with Crippen molar-refractivity contribution < 1.29 is 0 Å². The standard InChI is InChI=1S/C12H13N3/c1-13-8-3-2-5-10-6-4-7-12-11(10)9-14-15-12/h4,6-7,9,13H,3,8H2,1H3,(H,14,15). The Bertz CT molecular complexity index is 502. The Labute approximate surface area is 88.9 Å². The Morgan fingerprint density at radius 1 is 1.47 bits per heavy atom. The van der Waals surface area contributed by atoms with Crippen LogP contribution in [-0.4, -0.2) is 23.8 Å². The predicted molar refractivity (Wildman–Crippen MR) is 61.5 cm³/mol. The van der Waals surface area contributed by atoms with Gasteiger partial charge in [-0.05, 0) is 19.2 Å². The number of fused-ring (bicyclic) bond motifs is 1. The molecule has 2 rings (SSSR count). The summed E-state index contributed by atoms with van der Waals surface area (Å²) in [5.74, 6) is 6.29. The van der Waals surface area contributed by atoms with Crippen LogP contribution in [-0.2, 0) is 0 Å². The van der Waals surface area contributed by atoms with E-state index in [0.29, 0.717) is 0 Å². The molecule has 0 aliphatic heterocycles. The van der Waals surface area contributed by atoms with Gasteiger partial charge in [-0.3, -0.25) is 5.10 Å². The molecule has 1 heterocycles. The molecular formula is C12H13N3. The maximum absolute atomic E-state index is 4.00. The summed E-state index contributed by atoms with van der Waals surface area (Å²) in [5.41, 5.74) is 2.08. The zero-order valence-corrected chi connectivity index (χ0v) is 8.67. The lowest BCUT2D eigenvalue weighted by molar-refractivity contribution is 0.818.